The Morgan fingerprint density at radius 1 is 0.700 bits per heavy atom. The molecule has 8 heteroatoms. The van der Waals surface area contributed by atoms with Gasteiger partial charge in [0.15, 0.2) is 0 Å². The van der Waals surface area contributed by atoms with Crippen molar-refractivity contribution in [3.8, 4) is 0 Å². The van der Waals surface area contributed by atoms with Crippen LogP contribution in [0.25, 0.3) is 0 Å². The summed E-state index contributed by atoms with van der Waals surface area (Å²) in [5, 5.41) is 33.3. The fraction of sp³-hybridized carbons (Fsp3) is 0. The Hall–Kier alpha value is 0.930. The molecule has 10 heavy (non-hydrogen) atoms. The molecule has 0 amide bonds. The maximum Gasteiger partial charge on any atom is 3.00 e. The summed E-state index contributed by atoms with van der Waals surface area (Å²) >= 11 is 0. The van der Waals surface area contributed by atoms with Crippen LogP contribution in [0, 0.1) is 71.2 Å². The van der Waals surface area contributed by atoms with Gasteiger partial charge in [0.2, 0.25) is 0 Å². The molecule has 0 saturated heterocycles. The molecule has 0 spiro atoms. The Labute approximate surface area is 112 Å². The Balaban J connectivity index is -0.0000000300. The maximum atomic E-state index is 8.33. The molecule has 0 N–H and O–H groups in total. The van der Waals surface area contributed by atoms with Crippen molar-refractivity contribution in [1.82, 2.24) is 0 Å². The standard InChI is InChI=1S/2CH2O3.2La/c2*2-1(3)4;;/h2*(H2,2,3,4);;/q;;2*+3/p-4. The minimum Gasteiger partial charge on any atom is -0.652 e. The first kappa shape index (κ1) is 22.4. The van der Waals surface area contributed by atoms with Gasteiger partial charge in [-0.25, -0.2) is 0 Å². The van der Waals surface area contributed by atoms with Crippen LogP contribution < -0.4 is 20.4 Å². The van der Waals surface area contributed by atoms with E-state index in [0.29, 0.717) is 0 Å². The summed E-state index contributed by atoms with van der Waals surface area (Å²) in [6.45, 7) is 0. The molecule has 0 radical (unpaired) electrons. The molecule has 0 heterocycles. The molecule has 0 aliphatic rings. The van der Waals surface area contributed by atoms with Gasteiger partial charge in [-0.1, -0.05) is 0 Å². The van der Waals surface area contributed by atoms with Crippen LogP contribution in [0.5, 0.6) is 0 Å². The largest absolute Gasteiger partial charge is 3.00 e. The van der Waals surface area contributed by atoms with Crippen molar-refractivity contribution in [1.29, 1.82) is 0 Å². The molecule has 0 saturated carbocycles. The van der Waals surface area contributed by atoms with Crippen LogP contribution in [-0.4, -0.2) is 12.3 Å². The van der Waals surface area contributed by atoms with Gasteiger partial charge in [-0.15, -0.1) is 0 Å². The average molecular weight is 398 g/mol. The second-order valence-corrected chi connectivity index (χ2v) is 0.500. The predicted molar refractivity (Wildman–Crippen MR) is 10.8 cm³/mol. The van der Waals surface area contributed by atoms with E-state index in [2.05, 4.69) is 0 Å². The first-order valence-electron chi connectivity index (χ1n) is 1.22. The summed E-state index contributed by atoms with van der Waals surface area (Å²) in [7, 11) is 0. The molecule has 0 aliphatic heterocycles. The fourth-order valence-corrected chi connectivity index (χ4v) is 0. The smallest absolute Gasteiger partial charge is 0.652 e. The molecule has 48 valence electrons. The quantitative estimate of drug-likeness (QED) is 0.403. The number of hydrogen-bond acceptors (Lipinski definition) is 6. The van der Waals surface area contributed by atoms with E-state index in [-0.39, 0.29) is 71.2 Å². The van der Waals surface area contributed by atoms with Gasteiger partial charge in [-0.05, 0) is 12.3 Å². The van der Waals surface area contributed by atoms with Gasteiger partial charge in [-0.3, -0.25) is 0 Å². The normalized spacial score (nSPS) is 4.80. The van der Waals surface area contributed by atoms with Crippen LogP contribution in [0.4, 0.5) is 9.59 Å². The number of rotatable bonds is 0. The zero-order valence-electron chi connectivity index (χ0n) is 4.60. The Morgan fingerprint density at radius 2 is 0.700 bits per heavy atom. The predicted octanol–water partition coefficient (Wildman–Crippen LogP) is -4.89. The second kappa shape index (κ2) is 16.5. The van der Waals surface area contributed by atoms with Crippen molar-refractivity contribution in [2.24, 2.45) is 0 Å². The van der Waals surface area contributed by atoms with E-state index in [4.69, 9.17) is 30.0 Å². The van der Waals surface area contributed by atoms with Gasteiger partial charge in [0.25, 0.3) is 0 Å². The zero-order chi connectivity index (χ0) is 7.15. The SMILES string of the molecule is O=C([O-])[O-].O=C([O-])[O-].[La+3].[La+3]. The fourth-order valence-electron chi connectivity index (χ4n) is 0. The first-order valence-corrected chi connectivity index (χ1v) is 1.22. The summed E-state index contributed by atoms with van der Waals surface area (Å²) in [5.74, 6) is 0. The number of carbonyl (C=O) groups is 2. The molecule has 6 nitrogen and oxygen atoms in total. The summed E-state index contributed by atoms with van der Waals surface area (Å²) in [6.07, 6.45) is -4.67. The minimum absolute atomic E-state index is 0. The molecule has 0 aromatic heterocycles. The summed E-state index contributed by atoms with van der Waals surface area (Å²) in [5.41, 5.74) is 0. The van der Waals surface area contributed by atoms with Crippen molar-refractivity contribution in [3.05, 3.63) is 0 Å². The van der Waals surface area contributed by atoms with Gasteiger partial charge < -0.3 is 30.0 Å². The third-order valence-corrected chi connectivity index (χ3v) is 0. The van der Waals surface area contributed by atoms with Crippen molar-refractivity contribution >= 4 is 12.3 Å². The van der Waals surface area contributed by atoms with Crippen molar-refractivity contribution < 1.29 is 101 Å². The van der Waals surface area contributed by atoms with E-state index in [1.807, 2.05) is 0 Å². The van der Waals surface area contributed by atoms with Crippen LogP contribution >= 0.6 is 0 Å². The minimum atomic E-state index is -2.33. The third-order valence-electron chi connectivity index (χ3n) is 0. The second-order valence-electron chi connectivity index (χ2n) is 0.500. The Bertz CT molecular complexity index is 71.7. The van der Waals surface area contributed by atoms with Crippen LogP contribution in [0.15, 0.2) is 0 Å². The van der Waals surface area contributed by atoms with Gasteiger partial charge in [-0.2, -0.15) is 0 Å². The van der Waals surface area contributed by atoms with Crippen molar-refractivity contribution in [2.75, 3.05) is 0 Å². The summed E-state index contributed by atoms with van der Waals surface area (Å²) < 4.78 is 0. The van der Waals surface area contributed by atoms with E-state index < -0.39 is 12.3 Å². The molecule has 0 aromatic rings. The van der Waals surface area contributed by atoms with Crippen LogP contribution in [-0.2, 0) is 0 Å². The van der Waals surface area contributed by atoms with Crippen molar-refractivity contribution in [2.45, 2.75) is 0 Å². The van der Waals surface area contributed by atoms with Crippen LogP contribution in [0.1, 0.15) is 0 Å². The topological polar surface area (TPSA) is 126 Å². The van der Waals surface area contributed by atoms with Crippen molar-refractivity contribution in [3.63, 3.8) is 0 Å². The van der Waals surface area contributed by atoms with E-state index >= 15 is 0 Å². The monoisotopic (exact) mass is 398 g/mol. The number of carbonyl (C=O) groups excluding carboxylic acids is 2. The van der Waals surface area contributed by atoms with Gasteiger partial charge in [0.1, 0.15) is 0 Å². The van der Waals surface area contributed by atoms with Crippen LogP contribution in [0.3, 0.4) is 0 Å². The van der Waals surface area contributed by atoms with Gasteiger partial charge in [0, 0.05) is 0 Å². The molecule has 0 aromatic carbocycles. The third kappa shape index (κ3) is 650. The molecular formula is C2La2O6+2. The maximum absolute atomic E-state index is 8.33. The summed E-state index contributed by atoms with van der Waals surface area (Å²) in [4.78, 5) is 16.7. The van der Waals surface area contributed by atoms with E-state index in [9.17, 15) is 0 Å². The van der Waals surface area contributed by atoms with Crippen LogP contribution in [0.2, 0.25) is 0 Å². The number of hydrogen-bond donors (Lipinski definition) is 0. The molecule has 0 fully saturated rings. The van der Waals surface area contributed by atoms with Gasteiger partial charge >= 0.3 is 71.2 Å². The Kier molecular flexibility index (Phi) is 37.0. The molecule has 0 unspecified atom stereocenters. The molecule has 0 bridgehead atoms. The van der Waals surface area contributed by atoms with E-state index in [1.54, 1.807) is 0 Å². The van der Waals surface area contributed by atoms with E-state index in [1.165, 1.54) is 0 Å². The zero-order valence-corrected chi connectivity index (χ0v) is 11.9. The van der Waals surface area contributed by atoms with Gasteiger partial charge in [0.05, 0.1) is 0 Å². The Morgan fingerprint density at radius 3 is 0.700 bits per heavy atom. The molecule has 0 atom stereocenters. The van der Waals surface area contributed by atoms with E-state index in [0.717, 1.165) is 0 Å². The summed E-state index contributed by atoms with van der Waals surface area (Å²) in [6, 6.07) is 0. The number of carboxylic acid groups (broad SMARTS) is 4. The molecule has 0 rings (SSSR count). The molecular weight excluding hydrogens is 398 g/mol. The first-order chi connectivity index (χ1) is 3.46. The molecule has 0 aliphatic carbocycles. The average Bonchev–Trinajstić information content (AvgIpc) is 1.25.